The summed E-state index contributed by atoms with van der Waals surface area (Å²) in [4.78, 5) is 16.4. The fourth-order valence-electron chi connectivity index (χ4n) is 2.18. The highest BCUT2D eigenvalue weighted by molar-refractivity contribution is 5.74. The van der Waals surface area contributed by atoms with E-state index < -0.39 is 0 Å². The van der Waals surface area contributed by atoms with Crippen molar-refractivity contribution in [3.05, 3.63) is 0 Å². The minimum absolute atomic E-state index is 0.0932. The largest absolute Gasteiger partial charge is 0.336 e. The molecule has 0 unspecified atom stereocenters. The number of urea groups is 1. The molecule has 0 saturated carbocycles. The number of nitrogens with one attached hydrogen (secondary N) is 1. The van der Waals surface area contributed by atoms with E-state index in [2.05, 4.69) is 24.1 Å². The summed E-state index contributed by atoms with van der Waals surface area (Å²) >= 11 is 0. The lowest BCUT2D eigenvalue weighted by atomic mass is 10.1. The second-order valence-corrected chi connectivity index (χ2v) is 5.97. The maximum Gasteiger partial charge on any atom is 0.317 e. The maximum atomic E-state index is 11.9. The number of nitrogens with zero attached hydrogens (tertiary/aromatic N) is 2. The molecule has 1 N–H and O–H groups in total. The van der Waals surface area contributed by atoms with Crippen LogP contribution < -0.4 is 5.32 Å². The summed E-state index contributed by atoms with van der Waals surface area (Å²) in [5.41, 5.74) is 0. The first-order chi connectivity index (χ1) is 8.49. The Bertz CT molecular complexity index is 253. The molecule has 0 bridgehead atoms. The number of hydrogen-bond donors (Lipinski definition) is 1. The van der Waals surface area contributed by atoms with Crippen LogP contribution in [0.1, 0.15) is 40.5 Å². The van der Waals surface area contributed by atoms with Crippen molar-refractivity contribution in [3.63, 3.8) is 0 Å². The van der Waals surface area contributed by atoms with Crippen LogP contribution in [0, 0.1) is 5.92 Å². The molecule has 0 aliphatic carbocycles. The molecule has 106 valence electrons. The van der Waals surface area contributed by atoms with Gasteiger partial charge in [-0.25, -0.2) is 4.79 Å². The Hall–Kier alpha value is -0.770. The van der Waals surface area contributed by atoms with Gasteiger partial charge in [0.1, 0.15) is 0 Å². The molecule has 0 aromatic rings. The summed E-state index contributed by atoms with van der Waals surface area (Å²) in [6.07, 6.45) is 2.34. The van der Waals surface area contributed by atoms with E-state index in [1.807, 2.05) is 18.7 Å². The standard InChI is InChI=1S/C14H29N3O/c1-12(2)6-9-16-7-5-8-17(11-10-16)14(18)15-13(3)4/h12-13H,5-11H2,1-4H3,(H,15,18). The molecule has 1 aliphatic heterocycles. The van der Waals surface area contributed by atoms with E-state index in [0.717, 1.165) is 45.1 Å². The molecule has 1 saturated heterocycles. The van der Waals surface area contributed by atoms with Crippen molar-refractivity contribution in [2.45, 2.75) is 46.6 Å². The molecule has 0 aromatic carbocycles. The van der Waals surface area contributed by atoms with Gasteiger partial charge in [0.25, 0.3) is 0 Å². The van der Waals surface area contributed by atoms with Gasteiger partial charge in [-0.2, -0.15) is 0 Å². The molecule has 1 fully saturated rings. The normalized spacial score (nSPS) is 18.2. The fourth-order valence-corrected chi connectivity index (χ4v) is 2.18. The van der Waals surface area contributed by atoms with Gasteiger partial charge in [0.15, 0.2) is 0 Å². The van der Waals surface area contributed by atoms with Crippen LogP contribution in [0.4, 0.5) is 4.79 Å². The number of carbonyl (C=O) groups is 1. The van der Waals surface area contributed by atoms with Crippen LogP contribution in [0.5, 0.6) is 0 Å². The molecule has 0 aromatic heterocycles. The van der Waals surface area contributed by atoms with Crippen molar-refractivity contribution in [3.8, 4) is 0 Å². The van der Waals surface area contributed by atoms with E-state index in [4.69, 9.17) is 0 Å². The third-order valence-corrected chi connectivity index (χ3v) is 3.31. The summed E-state index contributed by atoms with van der Waals surface area (Å²) in [7, 11) is 0. The molecule has 1 aliphatic rings. The Morgan fingerprint density at radius 2 is 1.83 bits per heavy atom. The van der Waals surface area contributed by atoms with Crippen molar-refractivity contribution >= 4 is 6.03 Å². The lowest BCUT2D eigenvalue weighted by molar-refractivity contribution is 0.195. The van der Waals surface area contributed by atoms with Crippen LogP contribution in [-0.2, 0) is 0 Å². The van der Waals surface area contributed by atoms with Gasteiger partial charge in [0.2, 0.25) is 0 Å². The lowest BCUT2D eigenvalue weighted by Crippen LogP contribution is -2.44. The topological polar surface area (TPSA) is 35.6 Å². The van der Waals surface area contributed by atoms with E-state index in [-0.39, 0.29) is 12.1 Å². The van der Waals surface area contributed by atoms with Gasteiger partial charge < -0.3 is 15.1 Å². The van der Waals surface area contributed by atoms with Gasteiger partial charge in [-0.15, -0.1) is 0 Å². The second-order valence-electron chi connectivity index (χ2n) is 5.97. The Morgan fingerprint density at radius 1 is 1.11 bits per heavy atom. The fraction of sp³-hybridized carbons (Fsp3) is 0.929. The van der Waals surface area contributed by atoms with E-state index in [1.54, 1.807) is 0 Å². The van der Waals surface area contributed by atoms with Crippen LogP contribution in [0.15, 0.2) is 0 Å². The summed E-state index contributed by atoms with van der Waals surface area (Å²) in [6, 6.07) is 0.313. The Labute approximate surface area is 112 Å². The first kappa shape index (κ1) is 15.3. The van der Waals surface area contributed by atoms with Crippen LogP contribution >= 0.6 is 0 Å². The average Bonchev–Trinajstić information content (AvgIpc) is 2.50. The van der Waals surface area contributed by atoms with Crippen molar-refractivity contribution in [1.29, 1.82) is 0 Å². The van der Waals surface area contributed by atoms with Gasteiger partial charge in [0, 0.05) is 25.7 Å². The van der Waals surface area contributed by atoms with Gasteiger partial charge in [-0.1, -0.05) is 13.8 Å². The predicted octanol–water partition coefficient (Wildman–Crippen LogP) is 2.16. The minimum atomic E-state index is 0.0932. The molecular weight excluding hydrogens is 226 g/mol. The third kappa shape index (κ3) is 5.71. The van der Waals surface area contributed by atoms with Gasteiger partial charge >= 0.3 is 6.03 Å². The first-order valence-electron chi connectivity index (χ1n) is 7.27. The molecule has 0 radical (unpaired) electrons. The highest BCUT2D eigenvalue weighted by atomic mass is 16.2. The minimum Gasteiger partial charge on any atom is -0.336 e. The van der Waals surface area contributed by atoms with E-state index in [9.17, 15) is 4.79 Å². The van der Waals surface area contributed by atoms with E-state index >= 15 is 0 Å². The predicted molar refractivity (Wildman–Crippen MR) is 75.8 cm³/mol. The first-order valence-corrected chi connectivity index (χ1v) is 7.27. The summed E-state index contributed by atoms with van der Waals surface area (Å²) < 4.78 is 0. The molecule has 4 heteroatoms. The second kappa shape index (κ2) is 7.62. The SMILES string of the molecule is CC(C)CCN1CCCN(C(=O)NC(C)C)CC1. The molecule has 2 amide bonds. The monoisotopic (exact) mass is 255 g/mol. The third-order valence-electron chi connectivity index (χ3n) is 3.31. The van der Waals surface area contributed by atoms with Crippen LogP contribution in [0.2, 0.25) is 0 Å². The number of hydrogen-bond acceptors (Lipinski definition) is 2. The van der Waals surface area contributed by atoms with Gasteiger partial charge in [-0.3, -0.25) is 0 Å². The van der Waals surface area contributed by atoms with Crippen molar-refractivity contribution in [1.82, 2.24) is 15.1 Å². The molecule has 0 atom stereocenters. The Morgan fingerprint density at radius 3 is 2.44 bits per heavy atom. The summed E-state index contributed by atoms with van der Waals surface area (Å²) in [5.74, 6) is 0.758. The van der Waals surface area contributed by atoms with Gasteiger partial charge in [-0.05, 0) is 45.7 Å². The lowest BCUT2D eigenvalue weighted by Gasteiger charge is -2.23. The smallest absolute Gasteiger partial charge is 0.317 e. The molecule has 1 heterocycles. The Kier molecular flexibility index (Phi) is 6.47. The molecule has 18 heavy (non-hydrogen) atoms. The van der Waals surface area contributed by atoms with Crippen molar-refractivity contribution in [2.75, 3.05) is 32.7 Å². The van der Waals surface area contributed by atoms with Crippen molar-refractivity contribution in [2.24, 2.45) is 5.92 Å². The quantitative estimate of drug-likeness (QED) is 0.835. The zero-order chi connectivity index (χ0) is 13.5. The number of carbonyl (C=O) groups excluding carboxylic acids is 1. The van der Waals surface area contributed by atoms with Crippen molar-refractivity contribution < 1.29 is 4.79 Å². The highest BCUT2D eigenvalue weighted by Gasteiger charge is 2.19. The van der Waals surface area contributed by atoms with Crippen LogP contribution in [-0.4, -0.2) is 54.6 Å². The number of rotatable bonds is 4. The molecular formula is C14H29N3O. The summed E-state index contributed by atoms with van der Waals surface area (Å²) in [5, 5.41) is 2.97. The van der Waals surface area contributed by atoms with E-state index in [1.165, 1.54) is 6.42 Å². The molecule has 4 nitrogen and oxygen atoms in total. The highest BCUT2D eigenvalue weighted by Crippen LogP contribution is 2.07. The maximum absolute atomic E-state index is 11.9. The average molecular weight is 255 g/mol. The molecule has 0 spiro atoms. The van der Waals surface area contributed by atoms with Crippen LogP contribution in [0.25, 0.3) is 0 Å². The molecule has 1 rings (SSSR count). The zero-order valence-electron chi connectivity index (χ0n) is 12.4. The number of amides is 2. The van der Waals surface area contributed by atoms with Gasteiger partial charge in [0.05, 0.1) is 0 Å². The summed E-state index contributed by atoms with van der Waals surface area (Å²) in [6.45, 7) is 13.6. The van der Waals surface area contributed by atoms with Crippen LogP contribution in [0.3, 0.4) is 0 Å². The zero-order valence-corrected chi connectivity index (χ0v) is 12.4. The van der Waals surface area contributed by atoms with E-state index in [0.29, 0.717) is 0 Å². The Balaban J connectivity index is 2.34.